The molecule has 0 aromatic heterocycles. The Morgan fingerprint density at radius 2 is 2.09 bits per heavy atom. The quantitative estimate of drug-likeness (QED) is 0.414. The average molecular weight is 322 g/mol. The molecule has 0 unspecified atom stereocenters. The van der Waals surface area contributed by atoms with Gasteiger partial charge in [-0.3, -0.25) is 4.79 Å². The number of ether oxygens (including phenoxy) is 1. The molecule has 2 N–H and O–H groups in total. The first-order valence-electron chi connectivity index (χ1n) is 7.02. The maximum atomic E-state index is 11.7. The molecule has 0 heterocycles. The van der Waals surface area contributed by atoms with Gasteiger partial charge in [-0.1, -0.05) is 23.7 Å². The van der Waals surface area contributed by atoms with Crippen LogP contribution in [-0.4, -0.2) is 32.7 Å². The van der Waals surface area contributed by atoms with Crippen LogP contribution in [0.5, 0.6) is 0 Å². The Morgan fingerprint density at radius 1 is 1.36 bits per heavy atom. The van der Waals surface area contributed by atoms with Gasteiger partial charge in [0, 0.05) is 38.0 Å². The molecular weight excluding hydrogens is 302 g/mol. The summed E-state index contributed by atoms with van der Waals surface area (Å²) in [6, 6.07) is 9.45. The van der Waals surface area contributed by atoms with E-state index >= 15 is 0 Å². The van der Waals surface area contributed by atoms with Crippen LogP contribution in [0.1, 0.15) is 12.0 Å². The van der Waals surface area contributed by atoms with E-state index in [-0.39, 0.29) is 11.5 Å². The molecule has 5 nitrogen and oxygen atoms in total. The van der Waals surface area contributed by atoms with E-state index in [1.807, 2.05) is 30.3 Å². The minimum absolute atomic E-state index is 0.0634. The van der Waals surface area contributed by atoms with Crippen LogP contribution in [-0.2, 0) is 16.0 Å². The minimum Gasteiger partial charge on any atom is -0.389 e. The van der Waals surface area contributed by atoms with E-state index in [1.165, 1.54) is 6.20 Å². The molecule has 0 fully saturated rings. The lowest BCUT2D eigenvalue weighted by atomic mass is 10.1. The molecule has 1 amide bonds. The van der Waals surface area contributed by atoms with E-state index < -0.39 is 0 Å². The van der Waals surface area contributed by atoms with E-state index in [4.69, 9.17) is 21.6 Å². The number of hydrogen-bond donors (Lipinski definition) is 2. The van der Waals surface area contributed by atoms with Crippen LogP contribution in [0.25, 0.3) is 0 Å². The number of carbonyl (C=O) groups is 1. The first kappa shape index (κ1) is 18.0. The topological polar surface area (TPSA) is 74.1 Å². The molecule has 0 bridgehead atoms. The molecule has 0 radical (unpaired) electrons. The second-order valence-electron chi connectivity index (χ2n) is 4.60. The van der Waals surface area contributed by atoms with E-state index in [9.17, 15) is 4.79 Å². The molecule has 1 aromatic rings. The third-order valence-electron chi connectivity index (χ3n) is 2.89. The van der Waals surface area contributed by atoms with Crippen LogP contribution in [0.3, 0.4) is 0 Å². The van der Waals surface area contributed by atoms with Crippen molar-refractivity contribution in [3.8, 4) is 6.07 Å². The molecule has 22 heavy (non-hydrogen) atoms. The SMILES string of the molecule is COCCCNC(=O)/C(C#N)=C\NCCc1ccc(Cl)cc1. The Bertz CT molecular complexity index is 535. The van der Waals surface area contributed by atoms with Crippen molar-refractivity contribution in [2.24, 2.45) is 0 Å². The first-order chi connectivity index (χ1) is 10.7. The molecule has 0 aliphatic heterocycles. The highest BCUT2D eigenvalue weighted by Gasteiger charge is 2.07. The summed E-state index contributed by atoms with van der Waals surface area (Å²) in [4.78, 5) is 11.7. The summed E-state index contributed by atoms with van der Waals surface area (Å²) in [5.41, 5.74) is 1.20. The molecule has 0 saturated heterocycles. The zero-order valence-electron chi connectivity index (χ0n) is 12.6. The smallest absolute Gasteiger partial charge is 0.263 e. The van der Waals surface area contributed by atoms with Crippen molar-refractivity contribution in [3.63, 3.8) is 0 Å². The molecule has 0 aliphatic rings. The van der Waals surface area contributed by atoms with Crippen molar-refractivity contribution in [3.05, 3.63) is 46.6 Å². The molecule has 0 atom stereocenters. The Labute approximate surface area is 135 Å². The maximum Gasteiger partial charge on any atom is 0.263 e. The number of carbonyl (C=O) groups excluding carboxylic acids is 1. The molecule has 0 spiro atoms. The van der Waals surface area contributed by atoms with Gasteiger partial charge < -0.3 is 15.4 Å². The Balaban J connectivity index is 2.33. The standard InChI is InChI=1S/C16H20ClN3O2/c1-22-10-2-8-20-16(21)14(11-18)12-19-9-7-13-3-5-15(17)6-4-13/h3-6,12,19H,2,7-10H2,1H3,(H,20,21)/b14-12-. The molecule has 1 rings (SSSR count). The summed E-state index contributed by atoms with van der Waals surface area (Å²) < 4.78 is 4.89. The zero-order chi connectivity index (χ0) is 16.2. The lowest BCUT2D eigenvalue weighted by molar-refractivity contribution is -0.117. The van der Waals surface area contributed by atoms with Gasteiger partial charge in [-0.15, -0.1) is 0 Å². The lowest BCUT2D eigenvalue weighted by Gasteiger charge is -2.05. The Kier molecular flexibility index (Phi) is 8.73. The Hall–Kier alpha value is -2.03. The predicted octanol–water partition coefficient (Wildman–Crippen LogP) is 2.03. The first-order valence-corrected chi connectivity index (χ1v) is 7.40. The van der Waals surface area contributed by atoms with Crippen LogP contribution in [0.4, 0.5) is 0 Å². The number of nitriles is 1. The fourth-order valence-electron chi connectivity index (χ4n) is 1.70. The van der Waals surface area contributed by atoms with Gasteiger partial charge in [0.05, 0.1) is 0 Å². The highest BCUT2D eigenvalue weighted by Crippen LogP contribution is 2.09. The van der Waals surface area contributed by atoms with Crippen molar-refractivity contribution in [1.29, 1.82) is 5.26 Å². The van der Waals surface area contributed by atoms with Gasteiger partial charge in [-0.2, -0.15) is 5.26 Å². The number of amides is 1. The van der Waals surface area contributed by atoms with Gasteiger partial charge >= 0.3 is 0 Å². The van der Waals surface area contributed by atoms with Crippen molar-refractivity contribution in [2.75, 3.05) is 26.8 Å². The maximum absolute atomic E-state index is 11.7. The third kappa shape index (κ3) is 7.11. The van der Waals surface area contributed by atoms with E-state index in [2.05, 4.69) is 10.6 Å². The molecule has 0 saturated carbocycles. The summed E-state index contributed by atoms with van der Waals surface area (Å²) in [5.74, 6) is -0.377. The third-order valence-corrected chi connectivity index (χ3v) is 3.15. The van der Waals surface area contributed by atoms with Crippen LogP contribution in [0.15, 0.2) is 36.0 Å². The van der Waals surface area contributed by atoms with Crippen molar-refractivity contribution in [2.45, 2.75) is 12.8 Å². The van der Waals surface area contributed by atoms with Crippen LogP contribution >= 0.6 is 11.6 Å². The second-order valence-corrected chi connectivity index (χ2v) is 5.04. The van der Waals surface area contributed by atoms with Gasteiger partial charge in [0.1, 0.15) is 11.6 Å². The van der Waals surface area contributed by atoms with E-state index in [1.54, 1.807) is 7.11 Å². The number of nitrogens with one attached hydrogen (secondary N) is 2. The van der Waals surface area contributed by atoms with Gasteiger partial charge in [-0.25, -0.2) is 0 Å². The summed E-state index contributed by atoms with van der Waals surface area (Å²) in [6.45, 7) is 1.69. The van der Waals surface area contributed by atoms with Gasteiger partial charge in [0.2, 0.25) is 0 Å². The van der Waals surface area contributed by atoms with Crippen molar-refractivity contribution < 1.29 is 9.53 Å². The minimum atomic E-state index is -0.377. The van der Waals surface area contributed by atoms with Crippen LogP contribution in [0.2, 0.25) is 5.02 Å². The molecular formula is C16H20ClN3O2. The monoisotopic (exact) mass is 321 g/mol. The van der Waals surface area contributed by atoms with Gasteiger partial charge in [-0.05, 0) is 30.5 Å². The number of hydrogen-bond acceptors (Lipinski definition) is 4. The van der Waals surface area contributed by atoms with Gasteiger partial charge in [0.25, 0.3) is 5.91 Å². The summed E-state index contributed by atoms with van der Waals surface area (Å²) in [6.07, 6.45) is 2.94. The van der Waals surface area contributed by atoms with Crippen LogP contribution < -0.4 is 10.6 Å². The summed E-state index contributed by atoms with van der Waals surface area (Å²) >= 11 is 5.82. The van der Waals surface area contributed by atoms with Crippen molar-refractivity contribution in [1.82, 2.24) is 10.6 Å². The van der Waals surface area contributed by atoms with E-state index in [0.29, 0.717) is 31.1 Å². The number of benzene rings is 1. The molecule has 1 aromatic carbocycles. The zero-order valence-corrected chi connectivity index (χ0v) is 13.3. The molecule has 118 valence electrons. The normalized spacial score (nSPS) is 10.9. The summed E-state index contributed by atoms with van der Waals surface area (Å²) in [7, 11) is 1.60. The highest BCUT2D eigenvalue weighted by atomic mass is 35.5. The van der Waals surface area contributed by atoms with Crippen molar-refractivity contribution >= 4 is 17.5 Å². The summed E-state index contributed by atoms with van der Waals surface area (Å²) in [5, 5.41) is 15.3. The molecule has 0 aliphatic carbocycles. The molecule has 6 heteroatoms. The number of nitrogens with zero attached hydrogens (tertiary/aromatic N) is 1. The van der Waals surface area contributed by atoms with E-state index in [0.717, 1.165) is 12.0 Å². The highest BCUT2D eigenvalue weighted by molar-refractivity contribution is 6.30. The van der Waals surface area contributed by atoms with Crippen LogP contribution in [0, 0.1) is 11.3 Å². The lowest BCUT2D eigenvalue weighted by Crippen LogP contribution is -2.27. The number of halogens is 1. The predicted molar refractivity (Wildman–Crippen MR) is 86.4 cm³/mol. The average Bonchev–Trinajstić information content (AvgIpc) is 2.53. The fourth-order valence-corrected chi connectivity index (χ4v) is 1.83. The second kappa shape index (κ2) is 10.7. The van der Waals surface area contributed by atoms with Gasteiger partial charge in [0.15, 0.2) is 0 Å². The fraction of sp³-hybridized carbons (Fsp3) is 0.375. The largest absolute Gasteiger partial charge is 0.389 e. The Morgan fingerprint density at radius 3 is 2.73 bits per heavy atom. The number of rotatable bonds is 9. The number of methoxy groups -OCH3 is 1.